The largest absolute Gasteiger partial charge is 0.479 e. The van der Waals surface area contributed by atoms with E-state index in [4.69, 9.17) is 20.4 Å². The molecule has 0 aromatic heterocycles. The molecule has 0 spiro atoms. The van der Waals surface area contributed by atoms with Gasteiger partial charge in [-0.3, -0.25) is 0 Å². The molecule has 0 amide bonds. The van der Waals surface area contributed by atoms with Gasteiger partial charge in [-0.15, -0.1) is 0 Å². The molecule has 1 aliphatic rings. The molecule has 1 fully saturated rings. The van der Waals surface area contributed by atoms with Crippen molar-refractivity contribution in [2.24, 2.45) is 0 Å². The number of carbonyl (C=O) groups excluding carboxylic acids is 1. The number of carboxylic acids is 1. The highest BCUT2D eigenvalue weighted by molar-refractivity contribution is 5.80. The highest BCUT2D eigenvalue weighted by Gasteiger charge is 2.48. The van der Waals surface area contributed by atoms with Gasteiger partial charge in [0.25, 0.3) is 0 Å². The summed E-state index contributed by atoms with van der Waals surface area (Å²) in [5.74, 6) is -2.77. The summed E-state index contributed by atoms with van der Waals surface area (Å²) in [5.41, 5.74) is 0. The maximum absolute atomic E-state index is 10.6. The van der Waals surface area contributed by atoms with Crippen LogP contribution < -0.4 is 0 Å². The second kappa shape index (κ2) is 4.89. The first-order valence-electron chi connectivity index (χ1n) is 3.42. The van der Waals surface area contributed by atoms with Gasteiger partial charge < -0.3 is 25.2 Å². The normalized spacial score (nSPS) is 33.1. The molecular formula is C6H10MgO7. The standard InChI is InChI=1S/C6H8O7.Mg.2H/c7-1-2(8)6(12)13-4(1)3(9)5(10)11;;;/h1-4,7-9H,(H,10,11);;;/t1-,2+,3?,4+;;;/m1.../s1. The number of esters is 1. The lowest BCUT2D eigenvalue weighted by molar-refractivity contribution is -0.161. The van der Waals surface area contributed by atoms with Gasteiger partial charge in [-0.05, 0) is 0 Å². The number of hydrogen-bond acceptors (Lipinski definition) is 6. The number of cyclic esters (lactones) is 1. The molecule has 1 saturated heterocycles. The fourth-order valence-electron chi connectivity index (χ4n) is 0.984. The van der Waals surface area contributed by atoms with Crippen LogP contribution in [0.1, 0.15) is 0 Å². The van der Waals surface area contributed by atoms with Crippen molar-refractivity contribution in [3.05, 3.63) is 0 Å². The summed E-state index contributed by atoms with van der Waals surface area (Å²) in [5, 5.41) is 35.0. The van der Waals surface area contributed by atoms with Crippen molar-refractivity contribution >= 4 is 35.0 Å². The molecule has 1 aliphatic heterocycles. The molecule has 0 saturated carbocycles. The third-order valence-corrected chi connectivity index (χ3v) is 1.72. The monoisotopic (exact) mass is 218 g/mol. The maximum Gasteiger partial charge on any atom is 0.338 e. The number of ether oxygens (including phenoxy) is 1. The third kappa shape index (κ3) is 2.33. The average Bonchev–Trinajstić information content (AvgIpc) is 2.31. The lowest BCUT2D eigenvalue weighted by Gasteiger charge is -2.15. The molecule has 1 unspecified atom stereocenters. The summed E-state index contributed by atoms with van der Waals surface area (Å²) in [6, 6.07) is 0. The van der Waals surface area contributed by atoms with E-state index in [2.05, 4.69) is 4.74 Å². The SMILES string of the molecule is O=C(O)C(O)[C@H]1OC(=O)[C@@H](O)[C@H]1O.[MgH2]. The Morgan fingerprint density at radius 3 is 2.21 bits per heavy atom. The van der Waals surface area contributed by atoms with Crippen LogP contribution in [0.3, 0.4) is 0 Å². The van der Waals surface area contributed by atoms with E-state index in [1.54, 1.807) is 0 Å². The van der Waals surface area contributed by atoms with E-state index in [0.717, 1.165) is 0 Å². The Balaban J connectivity index is 0.00000169. The molecule has 1 heterocycles. The molecule has 0 radical (unpaired) electrons. The highest BCUT2D eigenvalue weighted by Crippen LogP contribution is 2.18. The first kappa shape index (κ1) is 13.6. The first-order chi connectivity index (χ1) is 5.95. The van der Waals surface area contributed by atoms with Crippen molar-refractivity contribution in [3.63, 3.8) is 0 Å². The lowest BCUT2D eigenvalue weighted by atomic mass is 10.1. The van der Waals surface area contributed by atoms with E-state index in [9.17, 15) is 9.59 Å². The zero-order valence-electron chi connectivity index (χ0n) is 6.32. The van der Waals surface area contributed by atoms with Crippen LogP contribution in [0.2, 0.25) is 0 Å². The zero-order valence-corrected chi connectivity index (χ0v) is 6.32. The number of aliphatic hydroxyl groups excluding tert-OH is 3. The summed E-state index contributed by atoms with van der Waals surface area (Å²) in [4.78, 5) is 20.8. The van der Waals surface area contributed by atoms with Gasteiger partial charge in [0.05, 0.1) is 0 Å². The predicted molar refractivity (Wildman–Crippen MR) is 44.1 cm³/mol. The van der Waals surface area contributed by atoms with Crippen molar-refractivity contribution < 1.29 is 34.8 Å². The number of rotatable bonds is 2. The van der Waals surface area contributed by atoms with Gasteiger partial charge in [0, 0.05) is 0 Å². The average molecular weight is 218 g/mol. The first-order valence-corrected chi connectivity index (χ1v) is 3.42. The second-order valence-electron chi connectivity index (χ2n) is 2.62. The van der Waals surface area contributed by atoms with Gasteiger partial charge in [-0.1, -0.05) is 0 Å². The molecule has 7 nitrogen and oxygen atoms in total. The van der Waals surface area contributed by atoms with Crippen LogP contribution in [0.25, 0.3) is 0 Å². The van der Waals surface area contributed by atoms with Crippen LogP contribution >= 0.6 is 0 Å². The summed E-state index contributed by atoms with van der Waals surface area (Å²) >= 11 is 0. The number of aliphatic carboxylic acids is 1. The van der Waals surface area contributed by atoms with Gasteiger partial charge in [0.15, 0.2) is 18.3 Å². The fraction of sp³-hybridized carbons (Fsp3) is 0.667. The Hall–Kier alpha value is -0.414. The summed E-state index contributed by atoms with van der Waals surface area (Å²) in [7, 11) is 0. The highest BCUT2D eigenvalue weighted by atomic mass is 24.3. The van der Waals surface area contributed by atoms with Gasteiger partial charge in [-0.25, -0.2) is 9.59 Å². The molecule has 4 atom stereocenters. The molecular weight excluding hydrogens is 208 g/mol. The topological polar surface area (TPSA) is 124 Å². The Bertz CT molecular complexity index is 242. The minimum Gasteiger partial charge on any atom is -0.479 e. The van der Waals surface area contributed by atoms with E-state index in [0.29, 0.717) is 0 Å². The maximum atomic E-state index is 10.6. The number of carbonyl (C=O) groups is 2. The smallest absolute Gasteiger partial charge is 0.338 e. The summed E-state index contributed by atoms with van der Waals surface area (Å²) < 4.78 is 4.24. The van der Waals surface area contributed by atoms with Crippen molar-refractivity contribution in [1.29, 1.82) is 0 Å². The summed E-state index contributed by atoms with van der Waals surface area (Å²) in [6.45, 7) is 0. The Kier molecular flexibility index (Phi) is 4.75. The fourth-order valence-corrected chi connectivity index (χ4v) is 0.984. The summed E-state index contributed by atoms with van der Waals surface area (Å²) in [6.07, 6.45) is -7.14. The Morgan fingerprint density at radius 2 is 1.93 bits per heavy atom. The Labute approximate surface area is 94.4 Å². The molecule has 78 valence electrons. The lowest BCUT2D eigenvalue weighted by Crippen LogP contribution is -2.42. The van der Waals surface area contributed by atoms with Crippen molar-refractivity contribution in [2.45, 2.75) is 24.4 Å². The molecule has 14 heavy (non-hydrogen) atoms. The van der Waals surface area contributed by atoms with Crippen LogP contribution in [-0.4, -0.2) is 79.8 Å². The van der Waals surface area contributed by atoms with Crippen molar-refractivity contribution in [1.82, 2.24) is 0 Å². The van der Waals surface area contributed by atoms with Gasteiger partial charge in [-0.2, -0.15) is 0 Å². The predicted octanol–water partition coefficient (Wildman–Crippen LogP) is -3.84. The number of aliphatic hydroxyl groups is 3. The van der Waals surface area contributed by atoms with Crippen LogP contribution in [0.15, 0.2) is 0 Å². The van der Waals surface area contributed by atoms with Crippen molar-refractivity contribution in [2.75, 3.05) is 0 Å². The zero-order chi connectivity index (χ0) is 10.2. The van der Waals surface area contributed by atoms with Crippen LogP contribution in [0.5, 0.6) is 0 Å². The van der Waals surface area contributed by atoms with E-state index in [1.807, 2.05) is 0 Å². The quantitative estimate of drug-likeness (QED) is 0.276. The van der Waals surface area contributed by atoms with E-state index < -0.39 is 36.4 Å². The molecule has 0 aromatic rings. The molecule has 0 aliphatic carbocycles. The van der Waals surface area contributed by atoms with E-state index >= 15 is 0 Å². The number of carboxylic acid groups (broad SMARTS) is 1. The van der Waals surface area contributed by atoms with Gasteiger partial charge in [0.1, 0.15) is 6.10 Å². The number of hydrogen-bond donors (Lipinski definition) is 4. The van der Waals surface area contributed by atoms with Crippen LogP contribution in [-0.2, 0) is 14.3 Å². The van der Waals surface area contributed by atoms with Gasteiger partial charge in [0.2, 0.25) is 0 Å². The third-order valence-electron chi connectivity index (χ3n) is 1.72. The van der Waals surface area contributed by atoms with Crippen molar-refractivity contribution in [3.8, 4) is 0 Å². The second-order valence-corrected chi connectivity index (χ2v) is 2.62. The molecule has 8 heteroatoms. The molecule has 1 rings (SSSR count). The van der Waals surface area contributed by atoms with Gasteiger partial charge >= 0.3 is 35.0 Å². The Morgan fingerprint density at radius 1 is 1.43 bits per heavy atom. The van der Waals surface area contributed by atoms with E-state index in [-0.39, 0.29) is 23.1 Å². The van der Waals surface area contributed by atoms with E-state index in [1.165, 1.54) is 0 Å². The molecule has 4 N–H and O–H groups in total. The minimum atomic E-state index is -2.03. The minimum absolute atomic E-state index is 0. The van der Waals surface area contributed by atoms with Crippen LogP contribution in [0.4, 0.5) is 0 Å². The van der Waals surface area contributed by atoms with Crippen LogP contribution in [0, 0.1) is 0 Å². The molecule has 0 bridgehead atoms. The molecule has 0 aromatic carbocycles.